The van der Waals surface area contributed by atoms with Crippen molar-refractivity contribution in [2.75, 3.05) is 20.3 Å². The van der Waals surface area contributed by atoms with Crippen LogP contribution in [0.25, 0.3) is 6.08 Å². The maximum atomic E-state index is 11.6. The molecule has 0 fully saturated rings. The second-order valence-electron chi connectivity index (χ2n) is 4.90. The zero-order chi connectivity index (χ0) is 16.2. The summed E-state index contributed by atoms with van der Waals surface area (Å²) in [7, 11) is 1.60. The molecular formula is C18H26O4. The van der Waals surface area contributed by atoms with E-state index in [9.17, 15) is 4.79 Å². The minimum Gasteiger partial charge on any atom is -0.493 e. The quantitative estimate of drug-likeness (QED) is 0.368. The first-order valence-electron chi connectivity index (χ1n) is 7.87. The minimum absolute atomic E-state index is 0.315. The molecule has 1 aromatic rings. The van der Waals surface area contributed by atoms with E-state index in [4.69, 9.17) is 14.2 Å². The van der Waals surface area contributed by atoms with Gasteiger partial charge in [-0.3, -0.25) is 0 Å². The Morgan fingerprint density at radius 3 is 2.64 bits per heavy atom. The van der Waals surface area contributed by atoms with E-state index in [2.05, 4.69) is 6.92 Å². The van der Waals surface area contributed by atoms with Crippen LogP contribution in [0, 0.1) is 0 Å². The zero-order valence-electron chi connectivity index (χ0n) is 13.8. The summed E-state index contributed by atoms with van der Waals surface area (Å²) in [5.41, 5.74) is 0.868. The lowest BCUT2D eigenvalue weighted by Gasteiger charge is -2.09. The molecule has 0 saturated carbocycles. The van der Waals surface area contributed by atoms with Crippen LogP contribution in [0.2, 0.25) is 0 Å². The van der Waals surface area contributed by atoms with E-state index >= 15 is 0 Å². The summed E-state index contributed by atoms with van der Waals surface area (Å²) in [6, 6.07) is 5.53. The van der Waals surface area contributed by atoms with E-state index in [0.29, 0.717) is 24.7 Å². The Hall–Kier alpha value is -1.97. The van der Waals surface area contributed by atoms with Crippen LogP contribution in [0.3, 0.4) is 0 Å². The number of methoxy groups -OCH3 is 1. The van der Waals surface area contributed by atoms with Crippen LogP contribution in [0.1, 0.15) is 45.1 Å². The van der Waals surface area contributed by atoms with Crippen molar-refractivity contribution in [1.82, 2.24) is 0 Å². The number of unbranched alkanes of at least 4 members (excludes halogenated alkanes) is 3. The van der Waals surface area contributed by atoms with Crippen molar-refractivity contribution in [3.8, 4) is 11.5 Å². The highest BCUT2D eigenvalue weighted by Gasteiger charge is 2.04. The molecule has 1 rings (SSSR count). The number of esters is 1. The van der Waals surface area contributed by atoms with Gasteiger partial charge in [-0.2, -0.15) is 0 Å². The molecule has 0 atom stereocenters. The maximum absolute atomic E-state index is 11.6. The number of rotatable bonds is 10. The van der Waals surface area contributed by atoms with Crippen LogP contribution in [-0.2, 0) is 9.53 Å². The van der Waals surface area contributed by atoms with Gasteiger partial charge in [0.2, 0.25) is 0 Å². The Kier molecular flexibility index (Phi) is 8.80. The molecule has 0 unspecified atom stereocenters. The molecule has 0 spiro atoms. The van der Waals surface area contributed by atoms with Crippen LogP contribution in [0.5, 0.6) is 11.5 Å². The molecule has 1 aromatic carbocycles. The Morgan fingerprint density at radius 1 is 1.14 bits per heavy atom. The number of benzene rings is 1. The number of carbonyl (C=O) groups excluding carboxylic acids is 1. The standard InChI is InChI=1S/C18H26O4/c1-4-6-7-8-13-22-18(19)12-10-15-9-11-16(20-3)17(14-15)21-5-2/h9-12,14H,4-8,13H2,1-3H3. The highest BCUT2D eigenvalue weighted by Crippen LogP contribution is 2.28. The van der Waals surface area contributed by atoms with Gasteiger partial charge in [0.15, 0.2) is 11.5 Å². The van der Waals surface area contributed by atoms with E-state index in [-0.39, 0.29) is 5.97 Å². The van der Waals surface area contributed by atoms with Crippen molar-refractivity contribution in [3.63, 3.8) is 0 Å². The summed E-state index contributed by atoms with van der Waals surface area (Å²) in [6.45, 7) is 5.11. The van der Waals surface area contributed by atoms with Crippen molar-refractivity contribution >= 4 is 12.0 Å². The van der Waals surface area contributed by atoms with Gasteiger partial charge in [-0.25, -0.2) is 4.79 Å². The smallest absolute Gasteiger partial charge is 0.330 e. The summed E-state index contributed by atoms with van der Waals surface area (Å²) in [5.74, 6) is 1.03. The van der Waals surface area contributed by atoms with Crippen LogP contribution in [-0.4, -0.2) is 26.3 Å². The number of carbonyl (C=O) groups is 1. The topological polar surface area (TPSA) is 44.8 Å². The molecule has 4 nitrogen and oxygen atoms in total. The Bertz CT molecular complexity index is 480. The molecule has 0 heterocycles. The lowest BCUT2D eigenvalue weighted by atomic mass is 10.2. The zero-order valence-corrected chi connectivity index (χ0v) is 13.8. The third-order valence-corrected chi connectivity index (χ3v) is 3.14. The molecule has 4 heteroatoms. The van der Waals surface area contributed by atoms with Gasteiger partial charge in [-0.15, -0.1) is 0 Å². The van der Waals surface area contributed by atoms with Gasteiger partial charge in [-0.1, -0.05) is 32.3 Å². The molecule has 0 saturated heterocycles. The normalized spacial score (nSPS) is 10.7. The van der Waals surface area contributed by atoms with Crippen molar-refractivity contribution in [2.24, 2.45) is 0 Å². The van der Waals surface area contributed by atoms with E-state index in [1.165, 1.54) is 18.9 Å². The fourth-order valence-electron chi connectivity index (χ4n) is 1.98. The van der Waals surface area contributed by atoms with Crippen molar-refractivity contribution in [2.45, 2.75) is 39.5 Å². The van der Waals surface area contributed by atoms with Crippen LogP contribution in [0.4, 0.5) is 0 Å². The number of ether oxygens (including phenoxy) is 3. The Labute approximate surface area is 133 Å². The van der Waals surface area contributed by atoms with Crippen molar-refractivity contribution < 1.29 is 19.0 Å². The minimum atomic E-state index is -0.315. The second kappa shape index (κ2) is 10.7. The van der Waals surface area contributed by atoms with Gasteiger partial charge in [-0.05, 0) is 37.1 Å². The molecule has 122 valence electrons. The second-order valence-corrected chi connectivity index (χ2v) is 4.90. The van der Waals surface area contributed by atoms with Crippen LogP contribution in [0.15, 0.2) is 24.3 Å². The van der Waals surface area contributed by atoms with Gasteiger partial charge in [0, 0.05) is 6.08 Å². The monoisotopic (exact) mass is 306 g/mol. The highest BCUT2D eigenvalue weighted by atomic mass is 16.5. The average molecular weight is 306 g/mol. The van der Waals surface area contributed by atoms with E-state index in [1.807, 2.05) is 25.1 Å². The summed E-state index contributed by atoms with van der Waals surface area (Å²) in [6.07, 6.45) is 7.54. The molecule has 0 aromatic heterocycles. The first kappa shape index (κ1) is 18.1. The predicted molar refractivity (Wildman–Crippen MR) is 88.3 cm³/mol. The Morgan fingerprint density at radius 2 is 1.95 bits per heavy atom. The number of hydrogen-bond donors (Lipinski definition) is 0. The van der Waals surface area contributed by atoms with Gasteiger partial charge < -0.3 is 14.2 Å². The summed E-state index contributed by atoms with van der Waals surface area (Å²) >= 11 is 0. The van der Waals surface area contributed by atoms with Crippen LogP contribution >= 0.6 is 0 Å². The third-order valence-electron chi connectivity index (χ3n) is 3.14. The molecule has 0 bridgehead atoms. The third kappa shape index (κ3) is 6.66. The molecular weight excluding hydrogens is 280 g/mol. The van der Waals surface area contributed by atoms with Crippen LogP contribution < -0.4 is 9.47 Å². The Balaban J connectivity index is 2.51. The first-order chi connectivity index (χ1) is 10.7. The SMILES string of the molecule is CCCCCCOC(=O)C=Cc1ccc(OC)c(OCC)c1. The van der Waals surface area contributed by atoms with Gasteiger partial charge >= 0.3 is 5.97 Å². The lowest BCUT2D eigenvalue weighted by molar-refractivity contribution is -0.137. The maximum Gasteiger partial charge on any atom is 0.330 e. The predicted octanol–water partition coefficient (Wildman–Crippen LogP) is 4.23. The lowest BCUT2D eigenvalue weighted by Crippen LogP contribution is -2.02. The van der Waals surface area contributed by atoms with Gasteiger partial charge in [0.1, 0.15) is 0 Å². The molecule has 0 aliphatic rings. The first-order valence-corrected chi connectivity index (χ1v) is 7.87. The average Bonchev–Trinajstić information content (AvgIpc) is 2.53. The van der Waals surface area contributed by atoms with E-state index in [0.717, 1.165) is 18.4 Å². The fraction of sp³-hybridized carbons (Fsp3) is 0.500. The highest BCUT2D eigenvalue weighted by molar-refractivity contribution is 5.87. The fourth-order valence-corrected chi connectivity index (χ4v) is 1.98. The molecule has 0 aliphatic carbocycles. The molecule has 0 radical (unpaired) electrons. The van der Waals surface area contributed by atoms with E-state index in [1.54, 1.807) is 13.2 Å². The van der Waals surface area contributed by atoms with Gasteiger partial charge in [0.05, 0.1) is 20.3 Å². The molecule has 0 amide bonds. The molecule has 0 N–H and O–H groups in total. The summed E-state index contributed by atoms with van der Waals surface area (Å²) in [5, 5.41) is 0. The molecule has 0 aliphatic heterocycles. The molecule has 22 heavy (non-hydrogen) atoms. The van der Waals surface area contributed by atoms with Gasteiger partial charge in [0.25, 0.3) is 0 Å². The number of hydrogen-bond acceptors (Lipinski definition) is 4. The largest absolute Gasteiger partial charge is 0.493 e. The summed E-state index contributed by atoms with van der Waals surface area (Å²) < 4.78 is 15.9. The van der Waals surface area contributed by atoms with E-state index < -0.39 is 0 Å². The van der Waals surface area contributed by atoms with Crippen molar-refractivity contribution in [3.05, 3.63) is 29.8 Å². The van der Waals surface area contributed by atoms with Crippen molar-refractivity contribution in [1.29, 1.82) is 0 Å². The summed E-state index contributed by atoms with van der Waals surface area (Å²) in [4.78, 5) is 11.6.